The van der Waals surface area contributed by atoms with Crippen LogP contribution in [-0.4, -0.2) is 35.2 Å². The van der Waals surface area contributed by atoms with Crippen LogP contribution in [0, 0.1) is 0 Å². The first-order valence-electron chi connectivity index (χ1n) is 6.80. The van der Waals surface area contributed by atoms with E-state index in [1.165, 1.54) is 7.11 Å². The zero-order chi connectivity index (χ0) is 15.4. The van der Waals surface area contributed by atoms with Gasteiger partial charge in [-0.05, 0) is 25.5 Å². The molecule has 1 aromatic carbocycles. The summed E-state index contributed by atoms with van der Waals surface area (Å²) >= 11 is 0. The van der Waals surface area contributed by atoms with E-state index in [4.69, 9.17) is 9.47 Å². The molecule has 21 heavy (non-hydrogen) atoms. The number of carbonyl (C=O) groups excluding carboxylic acids is 1. The monoisotopic (exact) mass is 289 g/mol. The summed E-state index contributed by atoms with van der Waals surface area (Å²) < 4.78 is 11.9. The summed E-state index contributed by atoms with van der Waals surface area (Å²) in [6.45, 7) is 4.07. The van der Waals surface area contributed by atoms with Crippen molar-refractivity contribution in [1.82, 2.24) is 15.0 Å². The minimum atomic E-state index is -0.509. The lowest BCUT2D eigenvalue weighted by Crippen LogP contribution is -2.10. The van der Waals surface area contributed by atoms with Gasteiger partial charge in [0, 0.05) is 5.56 Å². The predicted molar refractivity (Wildman–Crippen MR) is 78.4 cm³/mol. The number of methoxy groups -OCH3 is 2. The van der Waals surface area contributed by atoms with E-state index in [-0.39, 0.29) is 11.7 Å². The Kier molecular flexibility index (Phi) is 4.57. The van der Waals surface area contributed by atoms with Crippen LogP contribution in [0.3, 0.4) is 0 Å². The highest BCUT2D eigenvalue weighted by Gasteiger charge is 2.25. The van der Waals surface area contributed by atoms with Crippen LogP contribution in [0.25, 0.3) is 11.3 Å². The van der Waals surface area contributed by atoms with Gasteiger partial charge in [-0.25, -0.2) is 9.48 Å². The first-order chi connectivity index (χ1) is 10.1. The number of hydrogen-bond donors (Lipinski definition) is 0. The van der Waals surface area contributed by atoms with Crippen LogP contribution in [0.4, 0.5) is 0 Å². The van der Waals surface area contributed by atoms with Gasteiger partial charge in [-0.15, -0.1) is 5.10 Å². The fraction of sp³-hybridized carbons (Fsp3) is 0.400. The highest BCUT2D eigenvalue weighted by molar-refractivity contribution is 5.94. The highest BCUT2D eigenvalue weighted by Crippen LogP contribution is 2.33. The molecule has 0 saturated heterocycles. The molecule has 6 nitrogen and oxygen atoms in total. The molecule has 0 aliphatic carbocycles. The van der Waals surface area contributed by atoms with Crippen molar-refractivity contribution < 1.29 is 14.3 Å². The van der Waals surface area contributed by atoms with Crippen LogP contribution in [0.2, 0.25) is 0 Å². The maximum atomic E-state index is 12.0. The zero-order valence-electron chi connectivity index (χ0n) is 12.7. The Morgan fingerprint density at radius 3 is 2.67 bits per heavy atom. The van der Waals surface area contributed by atoms with Gasteiger partial charge in [0.15, 0.2) is 5.69 Å². The van der Waals surface area contributed by atoms with Crippen molar-refractivity contribution in [2.45, 2.75) is 26.3 Å². The van der Waals surface area contributed by atoms with Crippen molar-refractivity contribution >= 4 is 5.97 Å². The molecule has 0 bridgehead atoms. The van der Waals surface area contributed by atoms with Gasteiger partial charge in [0.1, 0.15) is 11.4 Å². The number of carbonyl (C=O) groups is 1. The van der Waals surface area contributed by atoms with Crippen molar-refractivity contribution in [2.75, 3.05) is 14.2 Å². The molecule has 1 unspecified atom stereocenters. The van der Waals surface area contributed by atoms with Crippen molar-refractivity contribution in [3.8, 4) is 17.0 Å². The quantitative estimate of drug-likeness (QED) is 0.792. The smallest absolute Gasteiger partial charge is 0.360 e. The molecule has 0 aliphatic rings. The third-order valence-corrected chi connectivity index (χ3v) is 3.44. The molecular weight excluding hydrogens is 270 g/mol. The van der Waals surface area contributed by atoms with Gasteiger partial charge in [-0.1, -0.05) is 24.3 Å². The average molecular weight is 289 g/mol. The van der Waals surface area contributed by atoms with Crippen LogP contribution < -0.4 is 4.74 Å². The molecular formula is C15H19N3O3. The lowest BCUT2D eigenvalue weighted by Gasteiger charge is -2.15. The molecule has 6 heteroatoms. The number of aromatic nitrogens is 3. The Balaban J connectivity index is 2.68. The largest absolute Gasteiger partial charge is 0.496 e. The van der Waals surface area contributed by atoms with Crippen molar-refractivity contribution in [3.05, 3.63) is 30.0 Å². The van der Waals surface area contributed by atoms with E-state index < -0.39 is 5.97 Å². The minimum Gasteiger partial charge on any atom is -0.496 e. The maximum absolute atomic E-state index is 12.0. The average Bonchev–Trinajstić information content (AvgIpc) is 2.97. The van der Waals surface area contributed by atoms with Gasteiger partial charge in [-0.2, -0.15) is 0 Å². The summed E-state index contributed by atoms with van der Waals surface area (Å²) in [7, 11) is 2.92. The van der Waals surface area contributed by atoms with Gasteiger partial charge < -0.3 is 9.47 Å². The third-order valence-electron chi connectivity index (χ3n) is 3.44. The third kappa shape index (κ3) is 2.74. The zero-order valence-corrected chi connectivity index (χ0v) is 12.7. The summed E-state index contributed by atoms with van der Waals surface area (Å²) in [6.07, 6.45) is 0.867. The fourth-order valence-corrected chi connectivity index (χ4v) is 2.10. The molecule has 0 fully saturated rings. The van der Waals surface area contributed by atoms with Crippen molar-refractivity contribution in [2.24, 2.45) is 0 Å². The van der Waals surface area contributed by atoms with E-state index >= 15 is 0 Å². The molecule has 0 saturated carbocycles. The molecule has 1 atom stereocenters. The van der Waals surface area contributed by atoms with Crippen LogP contribution in [0.5, 0.6) is 5.75 Å². The normalized spacial score (nSPS) is 12.0. The molecule has 0 radical (unpaired) electrons. The van der Waals surface area contributed by atoms with Crippen molar-refractivity contribution in [3.63, 3.8) is 0 Å². The Labute approximate surface area is 123 Å². The van der Waals surface area contributed by atoms with E-state index in [2.05, 4.69) is 17.2 Å². The number of benzene rings is 1. The van der Waals surface area contributed by atoms with E-state index in [0.717, 1.165) is 12.0 Å². The number of ether oxygens (including phenoxy) is 2. The van der Waals surface area contributed by atoms with Gasteiger partial charge in [0.25, 0.3) is 0 Å². The molecule has 0 spiro atoms. The van der Waals surface area contributed by atoms with Crippen LogP contribution >= 0.6 is 0 Å². The van der Waals surface area contributed by atoms with Crippen LogP contribution in [0.15, 0.2) is 24.3 Å². The lowest BCUT2D eigenvalue weighted by atomic mass is 10.1. The molecule has 1 aromatic heterocycles. The standard InChI is InChI=1S/C15H19N3O3/c1-5-10(2)18-14(13(16-17-18)15(19)21-4)11-8-6-7-9-12(11)20-3/h6-10H,5H2,1-4H3. The molecule has 2 rings (SSSR count). The summed E-state index contributed by atoms with van der Waals surface area (Å²) in [6, 6.07) is 7.58. The second-order valence-electron chi connectivity index (χ2n) is 4.68. The second kappa shape index (κ2) is 6.39. The maximum Gasteiger partial charge on any atom is 0.360 e. The van der Waals surface area contributed by atoms with Crippen LogP contribution in [-0.2, 0) is 4.74 Å². The molecule has 0 aliphatic heterocycles. The van der Waals surface area contributed by atoms with Crippen LogP contribution in [0.1, 0.15) is 36.8 Å². The topological polar surface area (TPSA) is 66.2 Å². The van der Waals surface area contributed by atoms with Gasteiger partial charge >= 0.3 is 5.97 Å². The summed E-state index contributed by atoms with van der Waals surface area (Å²) in [5.41, 5.74) is 1.58. The Morgan fingerprint density at radius 1 is 1.33 bits per heavy atom. The molecule has 2 aromatic rings. The SMILES string of the molecule is CCC(C)n1nnc(C(=O)OC)c1-c1ccccc1OC. The van der Waals surface area contributed by atoms with E-state index in [0.29, 0.717) is 11.4 Å². The number of hydrogen-bond acceptors (Lipinski definition) is 5. The second-order valence-corrected chi connectivity index (χ2v) is 4.68. The Hall–Kier alpha value is -2.37. The van der Waals surface area contributed by atoms with E-state index in [1.54, 1.807) is 11.8 Å². The summed E-state index contributed by atoms with van der Waals surface area (Å²) in [5.74, 6) is 0.153. The minimum absolute atomic E-state index is 0.107. The van der Waals surface area contributed by atoms with Gasteiger partial charge in [-0.3, -0.25) is 0 Å². The van der Waals surface area contributed by atoms with Gasteiger partial charge in [0.2, 0.25) is 0 Å². The number of para-hydroxylation sites is 1. The predicted octanol–water partition coefficient (Wildman–Crippen LogP) is 2.71. The van der Waals surface area contributed by atoms with Crippen molar-refractivity contribution in [1.29, 1.82) is 0 Å². The summed E-state index contributed by atoms with van der Waals surface area (Å²) in [4.78, 5) is 12.0. The number of rotatable bonds is 5. The Bertz CT molecular complexity index is 637. The highest BCUT2D eigenvalue weighted by atomic mass is 16.5. The first kappa shape index (κ1) is 15.0. The lowest BCUT2D eigenvalue weighted by molar-refractivity contribution is 0.0595. The van der Waals surface area contributed by atoms with Gasteiger partial charge in [0.05, 0.1) is 20.3 Å². The molecule has 1 heterocycles. The molecule has 112 valence electrons. The molecule has 0 amide bonds. The first-order valence-corrected chi connectivity index (χ1v) is 6.80. The summed E-state index contributed by atoms with van der Waals surface area (Å²) in [5, 5.41) is 8.11. The molecule has 0 N–H and O–H groups in total. The number of nitrogens with zero attached hydrogens (tertiary/aromatic N) is 3. The van der Waals surface area contributed by atoms with E-state index in [9.17, 15) is 4.79 Å². The number of esters is 1. The van der Waals surface area contributed by atoms with E-state index in [1.807, 2.05) is 31.2 Å². The fourth-order valence-electron chi connectivity index (χ4n) is 2.10. The Morgan fingerprint density at radius 2 is 2.05 bits per heavy atom.